The molecule has 1 amide bonds. The number of hydrogen-bond acceptors (Lipinski definition) is 3. The largest absolute Gasteiger partial charge is 0.372 e. The predicted octanol–water partition coefficient (Wildman–Crippen LogP) is 5.82. The van der Waals surface area contributed by atoms with Crippen LogP contribution >= 0.6 is 0 Å². The van der Waals surface area contributed by atoms with Gasteiger partial charge < -0.3 is 9.67 Å². The fraction of sp³-hybridized carbons (Fsp3) is 0.226. The SMILES string of the molecule is CCCCc1ccc(-n2c(C)cc(/C=N/NC(=O)C(O)(c3ccccc3)c3ccccc3)c2C)cc1. The fourth-order valence-corrected chi connectivity index (χ4v) is 4.54. The molecule has 0 spiro atoms. The van der Waals surface area contributed by atoms with Crippen molar-refractivity contribution in [3.05, 3.63) is 125 Å². The zero-order valence-corrected chi connectivity index (χ0v) is 21.1. The topological polar surface area (TPSA) is 66.6 Å². The number of aliphatic hydroxyl groups is 1. The van der Waals surface area contributed by atoms with Crippen LogP contribution in [0, 0.1) is 13.8 Å². The monoisotopic (exact) mass is 479 g/mol. The first-order valence-corrected chi connectivity index (χ1v) is 12.4. The second-order valence-electron chi connectivity index (χ2n) is 9.07. The molecule has 184 valence electrons. The van der Waals surface area contributed by atoms with Gasteiger partial charge in [-0.15, -0.1) is 0 Å². The predicted molar refractivity (Wildman–Crippen MR) is 145 cm³/mol. The quantitative estimate of drug-likeness (QED) is 0.235. The summed E-state index contributed by atoms with van der Waals surface area (Å²) in [5, 5.41) is 15.8. The summed E-state index contributed by atoms with van der Waals surface area (Å²) in [6, 6.07) is 28.5. The minimum Gasteiger partial charge on any atom is -0.372 e. The third-order valence-electron chi connectivity index (χ3n) is 6.57. The highest BCUT2D eigenvalue weighted by Crippen LogP contribution is 2.30. The molecule has 0 unspecified atom stereocenters. The normalized spacial score (nSPS) is 11.7. The van der Waals surface area contributed by atoms with Crippen LogP contribution in [0.1, 0.15) is 53.4 Å². The molecule has 36 heavy (non-hydrogen) atoms. The van der Waals surface area contributed by atoms with Gasteiger partial charge in [-0.2, -0.15) is 5.10 Å². The van der Waals surface area contributed by atoms with E-state index in [-0.39, 0.29) is 0 Å². The van der Waals surface area contributed by atoms with Gasteiger partial charge in [0.25, 0.3) is 5.91 Å². The van der Waals surface area contributed by atoms with E-state index >= 15 is 0 Å². The number of benzene rings is 3. The summed E-state index contributed by atoms with van der Waals surface area (Å²) >= 11 is 0. The van der Waals surface area contributed by atoms with Gasteiger partial charge in [-0.05, 0) is 61.6 Å². The molecule has 4 aromatic rings. The summed E-state index contributed by atoms with van der Waals surface area (Å²) in [6.07, 6.45) is 5.10. The number of amides is 1. The Bertz CT molecular complexity index is 1280. The lowest BCUT2D eigenvalue weighted by Crippen LogP contribution is -2.43. The van der Waals surface area contributed by atoms with Gasteiger partial charge in [-0.3, -0.25) is 4.79 Å². The molecule has 3 aromatic carbocycles. The van der Waals surface area contributed by atoms with Gasteiger partial charge in [0.2, 0.25) is 0 Å². The molecule has 0 saturated heterocycles. The van der Waals surface area contributed by atoms with Crippen LogP contribution in [0.15, 0.2) is 96.1 Å². The third-order valence-corrected chi connectivity index (χ3v) is 6.57. The van der Waals surface area contributed by atoms with Crippen LogP contribution in [0.5, 0.6) is 0 Å². The smallest absolute Gasteiger partial charge is 0.281 e. The first kappa shape index (κ1) is 25.1. The maximum atomic E-state index is 13.3. The third kappa shape index (κ3) is 5.16. The highest BCUT2D eigenvalue weighted by molar-refractivity contribution is 5.91. The van der Waals surface area contributed by atoms with Crippen molar-refractivity contribution in [2.45, 2.75) is 45.6 Å². The van der Waals surface area contributed by atoms with Crippen LogP contribution in [0.3, 0.4) is 0 Å². The second kappa shape index (κ2) is 11.2. The van der Waals surface area contributed by atoms with Crippen LogP contribution in [0.2, 0.25) is 0 Å². The highest BCUT2D eigenvalue weighted by Gasteiger charge is 2.39. The molecule has 1 aromatic heterocycles. The molecule has 4 rings (SSSR count). The Balaban J connectivity index is 1.55. The van der Waals surface area contributed by atoms with E-state index in [0.717, 1.165) is 29.1 Å². The van der Waals surface area contributed by atoms with Crippen molar-refractivity contribution in [1.82, 2.24) is 9.99 Å². The molecule has 5 heteroatoms. The van der Waals surface area contributed by atoms with E-state index in [2.05, 4.69) is 53.2 Å². The number of aryl methyl sites for hydroxylation is 2. The molecular weight excluding hydrogens is 446 g/mol. The maximum Gasteiger partial charge on any atom is 0.281 e. The molecule has 0 radical (unpaired) electrons. The van der Waals surface area contributed by atoms with Crippen molar-refractivity contribution in [3.8, 4) is 5.69 Å². The molecule has 0 bridgehead atoms. The standard InChI is InChI=1S/C31H33N3O2/c1-4-5-12-25-17-19-29(20-18-25)34-23(2)21-26(24(34)3)22-32-33-30(35)31(36,27-13-8-6-9-14-27)28-15-10-7-11-16-28/h6-11,13-22,36H,4-5,12H2,1-3H3,(H,33,35)/b32-22+. The Labute approximate surface area is 213 Å². The van der Waals surface area contributed by atoms with Gasteiger partial charge in [-0.1, -0.05) is 86.1 Å². The van der Waals surface area contributed by atoms with Gasteiger partial charge in [0.1, 0.15) is 0 Å². The van der Waals surface area contributed by atoms with Crippen molar-refractivity contribution in [3.63, 3.8) is 0 Å². The summed E-state index contributed by atoms with van der Waals surface area (Å²) in [6.45, 7) is 6.29. The van der Waals surface area contributed by atoms with E-state index in [9.17, 15) is 9.90 Å². The van der Waals surface area contributed by atoms with E-state index in [4.69, 9.17) is 0 Å². The number of unbranched alkanes of at least 4 members (excludes halogenated alkanes) is 1. The molecule has 1 heterocycles. The van der Waals surface area contributed by atoms with Crippen LogP contribution in [0.25, 0.3) is 5.69 Å². The van der Waals surface area contributed by atoms with Crippen LogP contribution in [0.4, 0.5) is 0 Å². The number of nitrogens with one attached hydrogen (secondary N) is 1. The Morgan fingerprint density at radius 1 is 0.944 bits per heavy atom. The molecule has 0 atom stereocenters. The van der Waals surface area contributed by atoms with Gasteiger partial charge >= 0.3 is 0 Å². The van der Waals surface area contributed by atoms with Crippen LogP contribution in [-0.4, -0.2) is 21.8 Å². The number of aromatic nitrogens is 1. The number of rotatable bonds is 9. The lowest BCUT2D eigenvalue weighted by atomic mass is 9.85. The molecule has 0 aliphatic rings. The summed E-state index contributed by atoms with van der Waals surface area (Å²) in [5.74, 6) is -0.618. The van der Waals surface area contributed by atoms with Gasteiger partial charge in [-0.25, -0.2) is 5.43 Å². The average Bonchev–Trinajstić information content (AvgIpc) is 3.20. The number of nitrogens with zero attached hydrogens (tertiary/aromatic N) is 2. The van der Waals surface area contributed by atoms with Crippen molar-refractivity contribution in [2.24, 2.45) is 5.10 Å². The number of carbonyl (C=O) groups excluding carboxylic acids is 1. The maximum absolute atomic E-state index is 13.3. The van der Waals surface area contributed by atoms with Crippen LogP contribution < -0.4 is 5.43 Å². The molecule has 0 aliphatic heterocycles. The minimum absolute atomic E-state index is 0.476. The average molecular weight is 480 g/mol. The Hall–Kier alpha value is -3.96. The first-order valence-electron chi connectivity index (χ1n) is 12.4. The van der Waals surface area contributed by atoms with E-state index in [1.54, 1.807) is 54.7 Å². The van der Waals surface area contributed by atoms with E-state index in [1.807, 2.05) is 25.1 Å². The summed E-state index contributed by atoms with van der Waals surface area (Å²) in [4.78, 5) is 13.3. The molecule has 0 saturated carbocycles. The lowest BCUT2D eigenvalue weighted by Gasteiger charge is -2.27. The first-order chi connectivity index (χ1) is 17.4. The number of hydrazone groups is 1. The van der Waals surface area contributed by atoms with E-state index in [0.29, 0.717) is 11.1 Å². The minimum atomic E-state index is -1.86. The van der Waals surface area contributed by atoms with E-state index in [1.165, 1.54) is 18.4 Å². The zero-order chi connectivity index (χ0) is 25.5. The Morgan fingerprint density at radius 2 is 1.53 bits per heavy atom. The fourth-order valence-electron chi connectivity index (χ4n) is 4.54. The van der Waals surface area contributed by atoms with Crippen LogP contribution in [-0.2, 0) is 16.8 Å². The molecule has 5 nitrogen and oxygen atoms in total. The second-order valence-corrected chi connectivity index (χ2v) is 9.07. The van der Waals surface area contributed by atoms with Crippen molar-refractivity contribution < 1.29 is 9.90 Å². The van der Waals surface area contributed by atoms with Crippen molar-refractivity contribution in [1.29, 1.82) is 0 Å². The van der Waals surface area contributed by atoms with Gasteiger partial charge in [0.05, 0.1) is 6.21 Å². The summed E-state index contributed by atoms with van der Waals surface area (Å²) in [7, 11) is 0. The van der Waals surface area contributed by atoms with E-state index < -0.39 is 11.5 Å². The lowest BCUT2D eigenvalue weighted by molar-refractivity contribution is -0.136. The number of hydrogen-bond donors (Lipinski definition) is 2. The summed E-state index contributed by atoms with van der Waals surface area (Å²) < 4.78 is 2.18. The zero-order valence-electron chi connectivity index (χ0n) is 21.1. The molecule has 0 aliphatic carbocycles. The molecule has 2 N–H and O–H groups in total. The van der Waals surface area contributed by atoms with Crippen molar-refractivity contribution >= 4 is 12.1 Å². The Kier molecular flexibility index (Phi) is 7.81. The Morgan fingerprint density at radius 3 is 2.08 bits per heavy atom. The highest BCUT2D eigenvalue weighted by atomic mass is 16.3. The number of carbonyl (C=O) groups is 1. The van der Waals surface area contributed by atoms with Gasteiger partial charge in [0.15, 0.2) is 5.60 Å². The van der Waals surface area contributed by atoms with Gasteiger partial charge in [0, 0.05) is 22.6 Å². The molecule has 0 fully saturated rings. The van der Waals surface area contributed by atoms with Crippen molar-refractivity contribution in [2.75, 3.05) is 0 Å². The molecular formula is C31H33N3O2. The summed E-state index contributed by atoms with van der Waals surface area (Å²) in [5.41, 5.74) is 7.08.